The summed E-state index contributed by atoms with van der Waals surface area (Å²) in [4.78, 5) is 4.50. The minimum absolute atomic E-state index is 0.233. The van der Waals surface area contributed by atoms with E-state index in [1.807, 2.05) is 18.5 Å². The third-order valence-corrected chi connectivity index (χ3v) is 3.20. The highest BCUT2D eigenvalue weighted by atomic mass is 19.1. The Hall–Kier alpha value is -1.88. The summed E-state index contributed by atoms with van der Waals surface area (Å²) in [6.45, 7) is 2.51. The van der Waals surface area contributed by atoms with Gasteiger partial charge in [-0.3, -0.25) is 0 Å². The second kappa shape index (κ2) is 5.40. The summed E-state index contributed by atoms with van der Waals surface area (Å²) < 4.78 is 20.6. The summed E-state index contributed by atoms with van der Waals surface area (Å²) in [6, 6.07) is 4.85. The van der Waals surface area contributed by atoms with Gasteiger partial charge in [-0.1, -0.05) is 0 Å². The number of imidazole rings is 1. The predicted molar refractivity (Wildman–Crippen MR) is 72.6 cm³/mol. The molecule has 0 fully saturated rings. The van der Waals surface area contributed by atoms with Gasteiger partial charge < -0.3 is 15.0 Å². The first kappa shape index (κ1) is 13.5. The molecule has 4 nitrogen and oxygen atoms in total. The maximum Gasteiger partial charge on any atom is 0.165 e. The van der Waals surface area contributed by atoms with Crippen molar-refractivity contribution in [3.8, 4) is 17.1 Å². The zero-order chi connectivity index (χ0) is 14.0. The van der Waals surface area contributed by atoms with E-state index in [9.17, 15) is 4.39 Å². The van der Waals surface area contributed by atoms with Gasteiger partial charge in [0.25, 0.3) is 0 Å². The second-order valence-electron chi connectivity index (χ2n) is 4.41. The molecule has 19 heavy (non-hydrogen) atoms. The second-order valence-corrected chi connectivity index (χ2v) is 4.41. The average Bonchev–Trinajstić information content (AvgIpc) is 2.67. The van der Waals surface area contributed by atoms with Crippen molar-refractivity contribution in [3.63, 3.8) is 0 Å². The smallest absolute Gasteiger partial charge is 0.165 e. The molecular formula is C14H18FN3O. The minimum Gasteiger partial charge on any atom is -0.494 e. The zero-order valence-corrected chi connectivity index (χ0v) is 11.4. The summed E-state index contributed by atoms with van der Waals surface area (Å²) >= 11 is 0. The van der Waals surface area contributed by atoms with Crippen LogP contribution in [0.15, 0.2) is 18.2 Å². The highest BCUT2D eigenvalue weighted by molar-refractivity contribution is 5.58. The van der Waals surface area contributed by atoms with Crippen LogP contribution in [-0.2, 0) is 13.5 Å². The van der Waals surface area contributed by atoms with Gasteiger partial charge in [-0.15, -0.1) is 0 Å². The molecule has 1 aromatic carbocycles. The van der Waals surface area contributed by atoms with Gasteiger partial charge in [0.15, 0.2) is 11.6 Å². The fourth-order valence-electron chi connectivity index (χ4n) is 2.22. The number of halogens is 1. The summed E-state index contributed by atoms with van der Waals surface area (Å²) in [7, 11) is 3.37. The Balaban J connectivity index is 2.47. The molecule has 1 aromatic heterocycles. The zero-order valence-electron chi connectivity index (χ0n) is 11.4. The fourth-order valence-corrected chi connectivity index (χ4v) is 2.22. The Morgan fingerprint density at radius 1 is 1.42 bits per heavy atom. The van der Waals surface area contributed by atoms with Gasteiger partial charge in [0, 0.05) is 24.7 Å². The molecule has 0 unspecified atom stereocenters. The average molecular weight is 263 g/mol. The molecule has 0 aliphatic rings. The van der Waals surface area contributed by atoms with Crippen molar-refractivity contribution < 1.29 is 9.13 Å². The van der Waals surface area contributed by atoms with Gasteiger partial charge in [-0.25, -0.2) is 9.37 Å². The fraction of sp³-hybridized carbons (Fsp3) is 0.357. The molecule has 0 aliphatic heterocycles. The van der Waals surface area contributed by atoms with E-state index in [4.69, 9.17) is 10.5 Å². The number of rotatable bonds is 4. The number of aromatic nitrogens is 2. The minimum atomic E-state index is -0.388. The molecule has 0 bridgehead atoms. The molecule has 0 atom stereocenters. The summed E-state index contributed by atoms with van der Waals surface area (Å²) in [6.07, 6.45) is 0.758. The van der Waals surface area contributed by atoms with Gasteiger partial charge in [0.05, 0.1) is 12.8 Å². The van der Waals surface area contributed by atoms with Crippen molar-refractivity contribution in [3.05, 3.63) is 35.4 Å². The van der Waals surface area contributed by atoms with Gasteiger partial charge >= 0.3 is 0 Å². The number of nitrogens with two attached hydrogens (primary N) is 1. The van der Waals surface area contributed by atoms with E-state index in [0.29, 0.717) is 6.54 Å². The summed E-state index contributed by atoms with van der Waals surface area (Å²) in [5, 5.41) is 0. The van der Waals surface area contributed by atoms with Crippen LogP contribution in [0.1, 0.15) is 11.4 Å². The standard InChI is InChI=1S/C14H18FN3O/c1-9-12(6-7-16)18(2)14(17-9)10-4-5-13(19-3)11(15)8-10/h4-5,8H,6-7,16H2,1-3H3. The Labute approximate surface area is 112 Å². The van der Waals surface area contributed by atoms with Gasteiger partial charge in [0.2, 0.25) is 0 Å². The van der Waals surface area contributed by atoms with Crippen LogP contribution in [0.3, 0.4) is 0 Å². The van der Waals surface area contributed by atoms with Crippen LogP contribution in [0, 0.1) is 12.7 Å². The molecule has 5 heteroatoms. The largest absolute Gasteiger partial charge is 0.494 e. The lowest BCUT2D eigenvalue weighted by atomic mass is 10.2. The molecule has 0 aliphatic carbocycles. The molecule has 2 N–H and O–H groups in total. The van der Waals surface area contributed by atoms with E-state index in [2.05, 4.69) is 4.98 Å². The lowest BCUT2D eigenvalue weighted by Crippen LogP contribution is -2.08. The van der Waals surface area contributed by atoms with E-state index < -0.39 is 0 Å². The van der Waals surface area contributed by atoms with Crippen LogP contribution in [0.5, 0.6) is 5.75 Å². The molecule has 0 saturated heterocycles. The van der Waals surface area contributed by atoms with Crippen molar-refractivity contribution in [2.75, 3.05) is 13.7 Å². The highest BCUT2D eigenvalue weighted by Gasteiger charge is 2.14. The first-order valence-corrected chi connectivity index (χ1v) is 6.14. The number of hydrogen-bond acceptors (Lipinski definition) is 3. The van der Waals surface area contributed by atoms with Crippen LogP contribution in [0.4, 0.5) is 4.39 Å². The maximum absolute atomic E-state index is 13.7. The van der Waals surface area contributed by atoms with Crippen molar-refractivity contribution >= 4 is 0 Å². The molecule has 102 valence electrons. The monoisotopic (exact) mass is 263 g/mol. The topological polar surface area (TPSA) is 53.1 Å². The number of aryl methyl sites for hydroxylation is 1. The van der Waals surface area contributed by atoms with Crippen LogP contribution < -0.4 is 10.5 Å². The molecule has 2 rings (SSSR count). The molecule has 0 radical (unpaired) electrons. The lowest BCUT2D eigenvalue weighted by Gasteiger charge is -2.07. The molecule has 0 saturated carbocycles. The lowest BCUT2D eigenvalue weighted by molar-refractivity contribution is 0.386. The van der Waals surface area contributed by atoms with Crippen molar-refractivity contribution in [1.29, 1.82) is 0 Å². The quantitative estimate of drug-likeness (QED) is 0.918. The van der Waals surface area contributed by atoms with Crippen LogP contribution in [0.25, 0.3) is 11.4 Å². The van der Waals surface area contributed by atoms with Gasteiger partial charge in [-0.05, 0) is 31.7 Å². The third kappa shape index (κ3) is 2.46. The maximum atomic E-state index is 13.7. The van der Waals surface area contributed by atoms with Crippen molar-refractivity contribution in [1.82, 2.24) is 9.55 Å². The summed E-state index contributed by atoms with van der Waals surface area (Å²) in [5.74, 6) is 0.584. The van der Waals surface area contributed by atoms with E-state index in [1.165, 1.54) is 13.2 Å². The Morgan fingerprint density at radius 3 is 2.74 bits per heavy atom. The Morgan fingerprint density at radius 2 is 2.16 bits per heavy atom. The number of ether oxygens (including phenoxy) is 1. The SMILES string of the molecule is COc1ccc(-c2nc(C)c(CCN)n2C)cc1F. The van der Waals surface area contributed by atoms with Crippen molar-refractivity contribution in [2.24, 2.45) is 12.8 Å². The normalized spacial score (nSPS) is 10.8. The van der Waals surface area contributed by atoms with Crippen LogP contribution >= 0.6 is 0 Å². The molecule has 0 spiro atoms. The van der Waals surface area contributed by atoms with Crippen LogP contribution in [-0.4, -0.2) is 23.2 Å². The third-order valence-electron chi connectivity index (χ3n) is 3.20. The van der Waals surface area contributed by atoms with Gasteiger partial charge in [-0.2, -0.15) is 0 Å². The first-order valence-electron chi connectivity index (χ1n) is 6.14. The molecule has 0 amide bonds. The van der Waals surface area contributed by atoms with E-state index >= 15 is 0 Å². The molecular weight excluding hydrogens is 245 g/mol. The van der Waals surface area contributed by atoms with E-state index in [0.717, 1.165) is 29.2 Å². The summed E-state index contributed by atoms with van der Waals surface area (Å²) in [5.41, 5.74) is 8.33. The van der Waals surface area contributed by atoms with Gasteiger partial charge in [0.1, 0.15) is 5.82 Å². The Bertz CT molecular complexity index is 593. The Kier molecular flexibility index (Phi) is 3.85. The number of methoxy groups -OCH3 is 1. The first-order chi connectivity index (χ1) is 9.08. The number of benzene rings is 1. The molecule has 1 heterocycles. The predicted octanol–water partition coefficient (Wildman–Crippen LogP) is 2.04. The number of nitrogens with zero attached hydrogens (tertiary/aromatic N) is 2. The highest BCUT2D eigenvalue weighted by Crippen LogP contribution is 2.26. The van der Waals surface area contributed by atoms with Crippen molar-refractivity contribution in [2.45, 2.75) is 13.3 Å². The number of hydrogen-bond donors (Lipinski definition) is 1. The van der Waals surface area contributed by atoms with E-state index in [-0.39, 0.29) is 11.6 Å². The van der Waals surface area contributed by atoms with Crippen LogP contribution in [0.2, 0.25) is 0 Å². The van der Waals surface area contributed by atoms with E-state index in [1.54, 1.807) is 12.1 Å². The molecule has 2 aromatic rings.